The normalized spacial score (nSPS) is 16.5. The van der Waals surface area contributed by atoms with Crippen LogP contribution in [0.25, 0.3) is 22.6 Å². The molecule has 0 saturated carbocycles. The van der Waals surface area contributed by atoms with Crippen molar-refractivity contribution in [2.45, 2.75) is 12.7 Å². The van der Waals surface area contributed by atoms with Gasteiger partial charge in [0, 0.05) is 36.3 Å². The van der Waals surface area contributed by atoms with Crippen LogP contribution in [0.4, 0.5) is 5.69 Å². The third kappa shape index (κ3) is 4.29. The summed E-state index contributed by atoms with van der Waals surface area (Å²) in [7, 11) is 0. The SMILES string of the molecule is O=[N+]([O-])c1cccc(-c2nc(-c3cccc(CO)c3)cc(C3CNCCO3)n2)c1. The molecule has 2 heterocycles. The molecule has 3 aromatic rings. The number of nitrogens with one attached hydrogen (secondary N) is 1. The van der Waals surface area contributed by atoms with Gasteiger partial charge in [0.25, 0.3) is 5.69 Å². The Balaban J connectivity index is 1.83. The first kappa shape index (κ1) is 19.1. The summed E-state index contributed by atoms with van der Waals surface area (Å²) >= 11 is 0. The van der Waals surface area contributed by atoms with Crippen LogP contribution in [0.1, 0.15) is 17.4 Å². The molecular weight excluding hydrogens is 372 g/mol. The Bertz CT molecular complexity index is 1030. The number of aliphatic hydroxyl groups excluding tert-OH is 1. The van der Waals surface area contributed by atoms with Gasteiger partial charge in [-0.3, -0.25) is 10.1 Å². The Morgan fingerprint density at radius 2 is 1.97 bits per heavy atom. The molecule has 4 rings (SSSR count). The summed E-state index contributed by atoms with van der Waals surface area (Å²) in [6.45, 7) is 1.92. The summed E-state index contributed by atoms with van der Waals surface area (Å²) in [6, 6.07) is 15.6. The van der Waals surface area contributed by atoms with Gasteiger partial charge in [-0.1, -0.05) is 30.3 Å². The van der Waals surface area contributed by atoms with E-state index in [9.17, 15) is 15.2 Å². The summed E-state index contributed by atoms with van der Waals surface area (Å²) in [6.07, 6.45) is -0.232. The Kier molecular flexibility index (Phi) is 5.57. The highest BCUT2D eigenvalue weighted by Crippen LogP contribution is 2.28. The van der Waals surface area contributed by atoms with Crippen LogP contribution in [0.3, 0.4) is 0 Å². The van der Waals surface area contributed by atoms with Crippen molar-refractivity contribution in [3.63, 3.8) is 0 Å². The smallest absolute Gasteiger partial charge is 0.270 e. The lowest BCUT2D eigenvalue weighted by molar-refractivity contribution is -0.384. The molecule has 8 nitrogen and oxygen atoms in total. The molecule has 1 aromatic heterocycles. The molecule has 29 heavy (non-hydrogen) atoms. The number of hydrogen-bond donors (Lipinski definition) is 2. The van der Waals surface area contributed by atoms with Crippen molar-refractivity contribution in [1.29, 1.82) is 0 Å². The number of morpholine rings is 1. The van der Waals surface area contributed by atoms with E-state index < -0.39 is 4.92 Å². The van der Waals surface area contributed by atoms with Crippen LogP contribution < -0.4 is 5.32 Å². The average Bonchev–Trinajstić information content (AvgIpc) is 2.79. The van der Waals surface area contributed by atoms with Crippen molar-refractivity contribution in [1.82, 2.24) is 15.3 Å². The van der Waals surface area contributed by atoms with Crippen LogP contribution in [0, 0.1) is 10.1 Å². The number of rotatable bonds is 5. The second-order valence-electron chi connectivity index (χ2n) is 6.73. The van der Waals surface area contributed by atoms with Gasteiger partial charge in [0.05, 0.1) is 29.5 Å². The Hall–Kier alpha value is -3.20. The molecule has 0 spiro atoms. The highest BCUT2D eigenvalue weighted by Gasteiger charge is 2.20. The summed E-state index contributed by atoms with van der Waals surface area (Å²) in [5.74, 6) is 0.393. The standard InChI is InChI=1S/C21H20N4O4/c26-13-14-3-1-4-15(9-14)18-11-19(20-12-22-7-8-29-20)24-21(23-18)16-5-2-6-17(10-16)25(27)28/h1-6,9-11,20,22,26H,7-8,12-13H2. The molecule has 1 aliphatic rings. The van der Waals surface area contributed by atoms with Crippen LogP contribution in [-0.4, -0.2) is 39.7 Å². The van der Waals surface area contributed by atoms with Gasteiger partial charge in [-0.15, -0.1) is 0 Å². The Labute approximate surface area is 167 Å². The topological polar surface area (TPSA) is 110 Å². The summed E-state index contributed by atoms with van der Waals surface area (Å²) in [4.78, 5) is 20.0. The number of nitro groups is 1. The fourth-order valence-corrected chi connectivity index (χ4v) is 3.25. The van der Waals surface area contributed by atoms with E-state index in [-0.39, 0.29) is 18.4 Å². The van der Waals surface area contributed by atoms with Crippen molar-refractivity contribution in [2.24, 2.45) is 0 Å². The fraction of sp³-hybridized carbons (Fsp3) is 0.238. The largest absolute Gasteiger partial charge is 0.392 e. The summed E-state index contributed by atoms with van der Waals surface area (Å²) in [5, 5.41) is 23.9. The molecule has 0 aliphatic carbocycles. The minimum absolute atomic E-state index is 0.0177. The number of benzene rings is 2. The van der Waals surface area contributed by atoms with Crippen molar-refractivity contribution < 1.29 is 14.8 Å². The maximum Gasteiger partial charge on any atom is 0.270 e. The Morgan fingerprint density at radius 3 is 2.72 bits per heavy atom. The van der Waals surface area contributed by atoms with Gasteiger partial charge in [0.15, 0.2) is 5.82 Å². The first-order chi connectivity index (χ1) is 14.1. The quantitative estimate of drug-likeness (QED) is 0.507. The van der Waals surface area contributed by atoms with E-state index in [4.69, 9.17) is 4.74 Å². The van der Waals surface area contributed by atoms with Gasteiger partial charge in [0.2, 0.25) is 0 Å². The van der Waals surface area contributed by atoms with Gasteiger partial charge in [0.1, 0.15) is 6.10 Å². The molecule has 0 amide bonds. The van der Waals surface area contributed by atoms with Crippen LogP contribution in [-0.2, 0) is 11.3 Å². The highest BCUT2D eigenvalue weighted by atomic mass is 16.6. The molecule has 1 unspecified atom stereocenters. The molecule has 2 N–H and O–H groups in total. The Morgan fingerprint density at radius 1 is 1.14 bits per heavy atom. The lowest BCUT2D eigenvalue weighted by Crippen LogP contribution is -2.33. The summed E-state index contributed by atoms with van der Waals surface area (Å²) in [5.41, 5.74) is 3.52. The minimum Gasteiger partial charge on any atom is -0.392 e. The minimum atomic E-state index is -0.437. The fourth-order valence-electron chi connectivity index (χ4n) is 3.25. The first-order valence-corrected chi connectivity index (χ1v) is 9.30. The van der Waals surface area contributed by atoms with Crippen LogP contribution >= 0.6 is 0 Å². The predicted molar refractivity (Wildman–Crippen MR) is 107 cm³/mol. The van der Waals surface area contributed by atoms with E-state index in [2.05, 4.69) is 15.3 Å². The van der Waals surface area contributed by atoms with E-state index >= 15 is 0 Å². The van der Waals surface area contributed by atoms with E-state index in [0.29, 0.717) is 35.9 Å². The zero-order chi connectivity index (χ0) is 20.2. The second kappa shape index (κ2) is 8.44. The van der Waals surface area contributed by atoms with Gasteiger partial charge in [-0.25, -0.2) is 9.97 Å². The third-order valence-electron chi connectivity index (χ3n) is 4.72. The number of nitrogens with zero attached hydrogens (tertiary/aromatic N) is 3. The van der Waals surface area contributed by atoms with Crippen LogP contribution in [0.2, 0.25) is 0 Å². The van der Waals surface area contributed by atoms with Gasteiger partial charge in [-0.2, -0.15) is 0 Å². The summed E-state index contributed by atoms with van der Waals surface area (Å²) < 4.78 is 5.85. The molecule has 1 saturated heterocycles. The van der Waals surface area contributed by atoms with E-state index in [1.807, 2.05) is 30.3 Å². The number of non-ortho nitro benzene ring substituents is 1. The van der Waals surface area contributed by atoms with Gasteiger partial charge in [-0.05, 0) is 17.7 Å². The van der Waals surface area contributed by atoms with Crippen molar-refractivity contribution in [3.8, 4) is 22.6 Å². The van der Waals surface area contributed by atoms with Crippen molar-refractivity contribution in [3.05, 3.63) is 76.0 Å². The van der Waals surface area contributed by atoms with Crippen molar-refractivity contribution in [2.75, 3.05) is 19.7 Å². The molecule has 8 heteroatoms. The number of aromatic nitrogens is 2. The molecule has 0 bridgehead atoms. The lowest BCUT2D eigenvalue weighted by Gasteiger charge is -2.24. The molecule has 1 fully saturated rings. The molecule has 1 atom stereocenters. The predicted octanol–water partition coefficient (Wildman–Crippen LogP) is 2.87. The number of hydrogen-bond acceptors (Lipinski definition) is 7. The third-order valence-corrected chi connectivity index (χ3v) is 4.72. The van der Waals surface area contributed by atoms with Crippen LogP contribution in [0.5, 0.6) is 0 Å². The molecule has 1 aliphatic heterocycles. The zero-order valence-electron chi connectivity index (χ0n) is 15.6. The second-order valence-corrected chi connectivity index (χ2v) is 6.73. The van der Waals surface area contributed by atoms with Gasteiger partial charge >= 0.3 is 0 Å². The maximum atomic E-state index is 11.2. The number of nitro benzene ring substituents is 1. The number of ether oxygens (including phenoxy) is 1. The van der Waals surface area contributed by atoms with Crippen molar-refractivity contribution >= 4 is 5.69 Å². The molecule has 2 aromatic carbocycles. The lowest BCUT2D eigenvalue weighted by atomic mass is 10.1. The maximum absolute atomic E-state index is 11.2. The van der Waals surface area contributed by atoms with E-state index in [0.717, 1.165) is 17.7 Å². The molecule has 0 radical (unpaired) electrons. The van der Waals surface area contributed by atoms with E-state index in [1.165, 1.54) is 12.1 Å². The average molecular weight is 392 g/mol. The van der Waals surface area contributed by atoms with E-state index in [1.54, 1.807) is 12.1 Å². The monoisotopic (exact) mass is 392 g/mol. The van der Waals surface area contributed by atoms with Crippen LogP contribution in [0.15, 0.2) is 54.6 Å². The van der Waals surface area contributed by atoms with Gasteiger partial charge < -0.3 is 15.2 Å². The molecular formula is C21H20N4O4. The highest BCUT2D eigenvalue weighted by molar-refractivity contribution is 5.66. The molecule has 148 valence electrons. The number of aliphatic hydroxyl groups is 1. The zero-order valence-corrected chi connectivity index (χ0v) is 15.6. The first-order valence-electron chi connectivity index (χ1n) is 9.30.